The number of rotatable bonds is 7. The number of cyclic esters (lactones) is 1. The lowest BCUT2D eigenvalue weighted by Crippen LogP contribution is -2.37. The smallest absolute Gasteiger partial charge is 0.330 e. The summed E-state index contributed by atoms with van der Waals surface area (Å²) in [5.41, 5.74) is 0.938. The largest absolute Gasteiger partial charge is 0.466 e. The molecule has 4 heterocycles. The van der Waals surface area contributed by atoms with Crippen molar-refractivity contribution in [3.05, 3.63) is 48.1 Å². The average Bonchev–Trinajstić information content (AvgIpc) is 3.02. The molecule has 4 aliphatic heterocycles. The van der Waals surface area contributed by atoms with Crippen molar-refractivity contribution in [3.8, 4) is 0 Å². The molecule has 7 unspecified atom stereocenters. The molecular formula is C37H55NO7. The number of methoxy groups -OCH3 is 1. The van der Waals surface area contributed by atoms with E-state index in [0.717, 1.165) is 76.5 Å². The zero-order valence-electron chi connectivity index (χ0n) is 27.7. The van der Waals surface area contributed by atoms with Crippen LogP contribution in [0.2, 0.25) is 0 Å². The number of ether oxygens (including phenoxy) is 4. The van der Waals surface area contributed by atoms with Gasteiger partial charge in [-0.05, 0) is 82.6 Å². The molecule has 8 nitrogen and oxygen atoms in total. The lowest BCUT2D eigenvalue weighted by Gasteiger charge is -2.37. The highest BCUT2D eigenvalue weighted by Gasteiger charge is 2.33. The Morgan fingerprint density at radius 3 is 2.42 bits per heavy atom. The van der Waals surface area contributed by atoms with Gasteiger partial charge in [0.25, 0.3) is 0 Å². The number of esters is 2. The van der Waals surface area contributed by atoms with E-state index in [2.05, 4.69) is 32.1 Å². The number of carbonyl (C=O) groups excluding carboxylic acids is 3. The lowest BCUT2D eigenvalue weighted by molar-refractivity contribution is -0.154. The van der Waals surface area contributed by atoms with Crippen molar-refractivity contribution in [1.82, 2.24) is 4.90 Å². The Kier molecular flexibility index (Phi) is 14.4. The van der Waals surface area contributed by atoms with Gasteiger partial charge >= 0.3 is 11.9 Å². The number of amides is 1. The minimum atomic E-state index is -0.432. The first-order chi connectivity index (χ1) is 21.8. The third kappa shape index (κ3) is 12.2. The van der Waals surface area contributed by atoms with E-state index in [0.29, 0.717) is 25.2 Å². The summed E-state index contributed by atoms with van der Waals surface area (Å²) in [7, 11) is 1.38. The fraction of sp³-hybridized carbons (Fsp3) is 0.703. The van der Waals surface area contributed by atoms with Crippen LogP contribution in [-0.4, -0.2) is 73.5 Å². The molecule has 0 aromatic rings. The number of allylic oxidation sites excluding steroid dienone is 4. The molecule has 8 heteroatoms. The molecule has 3 saturated heterocycles. The van der Waals surface area contributed by atoms with E-state index in [1.807, 2.05) is 23.1 Å². The van der Waals surface area contributed by atoms with Gasteiger partial charge in [0.15, 0.2) is 0 Å². The van der Waals surface area contributed by atoms with Gasteiger partial charge in [0.05, 0.1) is 37.9 Å². The molecule has 0 aromatic carbocycles. The maximum Gasteiger partial charge on any atom is 0.330 e. The lowest BCUT2D eigenvalue weighted by atomic mass is 9.89. The van der Waals surface area contributed by atoms with E-state index in [9.17, 15) is 14.4 Å². The molecule has 45 heavy (non-hydrogen) atoms. The van der Waals surface area contributed by atoms with Crippen molar-refractivity contribution in [2.24, 2.45) is 11.8 Å². The highest BCUT2D eigenvalue weighted by molar-refractivity contribution is 5.82. The number of unbranched alkanes of at least 4 members (excludes halogenated alkanes) is 1. The fourth-order valence-corrected chi connectivity index (χ4v) is 6.96. The van der Waals surface area contributed by atoms with Gasteiger partial charge in [-0.15, -0.1) is 0 Å². The highest BCUT2D eigenvalue weighted by atomic mass is 16.6. The quantitative estimate of drug-likeness (QED) is 0.101. The van der Waals surface area contributed by atoms with Crippen LogP contribution >= 0.6 is 0 Å². The molecule has 0 radical (unpaired) electrons. The summed E-state index contributed by atoms with van der Waals surface area (Å²) in [5.74, 6) is -0.123. The van der Waals surface area contributed by atoms with Crippen molar-refractivity contribution < 1.29 is 33.3 Å². The molecule has 4 bridgehead atoms. The Morgan fingerprint density at radius 1 is 0.911 bits per heavy atom. The van der Waals surface area contributed by atoms with Crippen molar-refractivity contribution in [2.75, 3.05) is 20.2 Å². The van der Waals surface area contributed by atoms with Crippen LogP contribution in [0, 0.1) is 11.8 Å². The summed E-state index contributed by atoms with van der Waals surface area (Å²) in [6, 6.07) is 0. The van der Waals surface area contributed by atoms with Gasteiger partial charge in [0.2, 0.25) is 5.91 Å². The molecule has 0 aliphatic carbocycles. The summed E-state index contributed by atoms with van der Waals surface area (Å²) in [4.78, 5) is 39.7. The van der Waals surface area contributed by atoms with Gasteiger partial charge < -0.3 is 23.8 Å². The monoisotopic (exact) mass is 625 g/mol. The average molecular weight is 626 g/mol. The van der Waals surface area contributed by atoms with Crippen molar-refractivity contribution in [1.29, 1.82) is 0 Å². The number of fused-ring (bicyclic) bond motifs is 4. The minimum Gasteiger partial charge on any atom is -0.466 e. The van der Waals surface area contributed by atoms with Gasteiger partial charge in [-0.1, -0.05) is 49.8 Å². The first kappa shape index (κ1) is 35.1. The Bertz CT molecular complexity index is 1090. The second-order valence-corrected chi connectivity index (χ2v) is 13.4. The van der Waals surface area contributed by atoms with E-state index < -0.39 is 6.10 Å². The molecule has 0 aromatic heterocycles. The minimum absolute atomic E-state index is 0.0223. The maximum absolute atomic E-state index is 13.3. The maximum atomic E-state index is 13.3. The Morgan fingerprint density at radius 2 is 1.64 bits per heavy atom. The van der Waals surface area contributed by atoms with E-state index >= 15 is 0 Å². The predicted octanol–water partition coefficient (Wildman–Crippen LogP) is 6.79. The van der Waals surface area contributed by atoms with Crippen LogP contribution in [0.3, 0.4) is 0 Å². The molecule has 3 fully saturated rings. The second kappa shape index (κ2) is 18.4. The zero-order chi connectivity index (χ0) is 32.0. The molecule has 250 valence electrons. The Hall–Kier alpha value is -2.71. The molecule has 0 saturated carbocycles. The summed E-state index contributed by atoms with van der Waals surface area (Å²) in [6.07, 6.45) is 25.1. The summed E-state index contributed by atoms with van der Waals surface area (Å²) in [5, 5.41) is 0. The molecule has 1 amide bonds. The van der Waals surface area contributed by atoms with E-state index in [1.54, 1.807) is 6.08 Å². The molecular weight excluding hydrogens is 570 g/mol. The van der Waals surface area contributed by atoms with Crippen LogP contribution < -0.4 is 0 Å². The summed E-state index contributed by atoms with van der Waals surface area (Å²) in [6.45, 7) is 6.09. The third-order valence-electron chi connectivity index (χ3n) is 9.43. The topological polar surface area (TPSA) is 91.4 Å². The van der Waals surface area contributed by atoms with Crippen LogP contribution in [0.4, 0.5) is 0 Å². The number of hydrogen-bond acceptors (Lipinski definition) is 7. The standard InChI is InChI=1S/C37H55NO7/c1-27-17-18-28(2)34(15-8-5-4-6-9-16-35(39)38-19-10-7-11-20-38)45-37(41)26-33-23-29(24-36(40)42-3)22-32(44-33)25-31-14-12-13-30(21-27)43-31/h4-5,8,15,17-18,24,27-28,30-34H,6-7,9-14,16,19-23,25-26H2,1-3H3/b5-4-,15-8+,18-17+,29-24-. The van der Waals surface area contributed by atoms with Crippen molar-refractivity contribution in [3.63, 3.8) is 0 Å². The van der Waals surface area contributed by atoms with Crippen molar-refractivity contribution >= 4 is 17.8 Å². The van der Waals surface area contributed by atoms with E-state index in [1.165, 1.54) is 13.5 Å². The van der Waals surface area contributed by atoms with Crippen molar-refractivity contribution in [2.45, 2.75) is 134 Å². The number of hydrogen-bond donors (Lipinski definition) is 0. The number of carbonyl (C=O) groups is 3. The van der Waals surface area contributed by atoms with Crippen LogP contribution in [0.5, 0.6) is 0 Å². The Balaban J connectivity index is 1.40. The SMILES string of the molecule is COC(=O)/C=C1\CC2CC(=O)OC(/C=C/C=C\CCCC(=O)N3CCCCC3)C(C)/C=C/C(C)CC3CCCC(CC(C1)O2)O3. The number of likely N-dealkylation sites (tertiary alicyclic amines) is 1. The summed E-state index contributed by atoms with van der Waals surface area (Å²) >= 11 is 0. The van der Waals surface area contributed by atoms with Crippen LogP contribution in [0.15, 0.2) is 48.1 Å². The van der Waals surface area contributed by atoms with Gasteiger partial charge in [-0.3, -0.25) is 9.59 Å². The molecule has 0 spiro atoms. The molecule has 7 atom stereocenters. The van der Waals surface area contributed by atoms with E-state index in [-0.39, 0.29) is 54.6 Å². The van der Waals surface area contributed by atoms with Crippen LogP contribution in [0.25, 0.3) is 0 Å². The number of piperidine rings is 1. The van der Waals surface area contributed by atoms with Gasteiger partial charge in [-0.2, -0.15) is 0 Å². The van der Waals surface area contributed by atoms with Crippen LogP contribution in [-0.2, 0) is 33.3 Å². The Labute approximate surface area is 270 Å². The second-order valence-electron chi connectivity index (χ2n) is 13.4. The molecule has 0 N–H and O–H groups in total. The normalized spacial score (nSPS) is 33.7. The molecule has 4 rings (SSSR count). The van der Waals surface area contributed by atoms with Crippen LogP contribution in [0.1, 0.15) is 104 Å². The first-order valence-corrected chi connectivity index (χ1v) is 17.4. The zero-order valence-corrected chi connectivity index (χ0v) is 27.7. The summed E-state index contributed by atoms with van der Waals surface area (Å²) < 4.78 is 23.9. The first-order valence-electron chi connectivity index (χ1n) is 17.4. The van der Waals surface area contributed by atoms with E-state index in [4.69, 9.17) is 18.9 Å². The highest BCUT2D eigenvalue weighted by Crippen LogP contribution is 2.33. The third-order valence-corrected chi connectivity index (χ3v) is 9.43. The van der Waals surface area contributed by atoms with Gasteiger partial charge in [0, 0.05) is 37.9 Å². The van der Waals surface area contributed by atoms with Gasteiger partial charge in [-0.25, -0.2) is 4.79 Å². The molecule has 4 aliphatic rings. The van der Waals surface area contributed by atoms with Gasteiger partial charge in [0.1, 0.15) is 6.10 Å². The predicted molar refractivity (Wildman–Crippen MR) is 174 cm³/mol. The fourth-order valence-electron chi connectivity index (χ4n) is 6.96. The number of nitrogens with zero attached hydrogens (tertiary/aromatic N) is 1.